The smallest absolute Gasteiger partial charge is 0.278 e. The van der Waals surface area contributed by atoms with Crippen LogP contribution in [-0.2, 0) is 18.6 Å². The Balaban J connectivity index is 1.61. The summed E-state index contributed by atoms with van der Waals surface area (Å²) in [5, 5.41) is 9.84. The van der Waals surface area contributed by atoms with E-state index in [-0.39, 0.29) is 11.6 Å². The van der Waals surface area contributed by atoms with Crippen LogP contribution < -0.4 is 15.0 Å². The van der Waals surface area contributed by atoms with Gasteiger partial charge in [-0.05, 0) is 38.8 Å². The third kappa shape index (κ3) is 5.07. The molecule has 1 aliphatic heterocycles. The van der Waals surface area contributed by atoms with Crippen molar-refractivity contribution in [1.82, 2.24) is 24.5 Å². The second-order valence-electron chi connectivity index (χ2n) is 8.96. The number of aryl methyl sites for hydroxylation is 1. The Morgan fingerprint density at radius 1 is 1.21 bits per heavy atom. The van der Waals surface area contributed by atoms with Crippen LogP contribution in [-0.4, -0.2) is 36.2 Å². The molecule has 0 aliphatic carbocycles. The standard InChI is InChI=1S/C26H22ClF2N5O4/c1-26(2,36)25-30-6-5-17(33-25)18-10-20-22(12-32-18)37-7-3-4-15-9-21(23(27)24(35)34(15)20)38-13-19-16(29)8-14(28)11-31-19/h5-6,8-12,36H,3-4,7,13H2,1-2H3/i13D2. The summed E-state index contributed by atoms with van der Waals surface area (Å²) in [7, 11) is 0. The number of aromatic nitrogens is 5. The minimum absolute atomic E-state index is 0.179. The van der Waals surface area contributed by atoms with Crippen molar-refractivity contribution in [3.8, 4) is 28.6 Å². The van der Waals surface area contributed by atoms with E-state index in [0.717, 1.165) is 0 Å². The third-order valence-corrected chi connectivity index (χ3v) is 5.99. The Bertz CT molecular complexity index is 1680. The van der Waals surface area contributed by atoms with Crippen LogP contribution in [0.2, 0.25) is 5.02 Å². The van der Waals surface area contributed by atoms with Crippen molar-refractivity contribution in [1.29, 1.82) is 0 Å². The molecule has 0 saturated carbocycles. The van der Waals surface area contributed by atoms with Crippen LogP contribution >= 0.6 is 11.6 Å². The van der Waals surface area contributed by atoms with Gasteiger partial charge in [0.1, 0.15) is 34.4 Å². The first-order valence-electron chi connectivity index (χ1n) is 12.5. The van der Waals surface area contributed by atoms with Crippen LogP contribution in [0, 0.1) is 11.6 Å². The second kappa shape index (κ2) is 10.1. The molecular weight excluding hydrogens is 520 g/mol. The van der Waals surface area contributed by atoms with E-state index in [1.54, 1.807) is 26.0 Å². The summed E-state index contributed by atoms with van der Waals surface area (Å²) in [5.74, 6) is -2.11. The van der Waals surface area contributed by atoms with Gasteiger partial charge >= 0.3 is 0 Å². The molecule has 38 heavy (non-hydrogen) atoms. The molecule has 12 heteroatoms. The zero-order valence-corrected chi connectivity index (χ0v) is 21.0. The predicted molar refractivity (Wildman–Crippen MR) is 133 cm³/mol. The van der Waals surface area contributed by atoms with Gasteiger partial charge in [-0.1, -0.05) is 11.6 Å². The van der Waals surface area contributed by atoms with Gasteiger partial charge in [-0.15, -0.1) is 0 Å². The van der Waals surface area contributed by atoms with Crippen molar-refractivity contribution in [3.05, 3.63) is 87.1 Å². The molecule has 0 radical (unpaired) electrons. The molecule has 0 spiro atoms. The molecule has 0 bridgehead atoms. The lowest BCUT2D eigenvalue weighted by Gasteiger charge is -2.22. The molecular formula is C26H22ClF2N5O4. The van der Waals surface area contributed by atoms with Crippen LogP contribution in [0.3, 0.4) is 0 Å². The van der Waals surface area contributed by atoms with Gasteiger partial charge in [-0.25, -0.2) is 18.7 Å². The molecule has 9 nitrogen and oxygen atoms in total. The zero-order valence-electron chi connectivity index (χ0n) is 22.2. The molecule has 0 amide bonds. The lowest BCUT2D eigenvalue weighted by Crippen LogP contribution is -2.26. The first kappa shape index (κ1) is 23.2. The highest BCUT2D eigenvalue weighted by atomic mass is 35.5. The summed E-state index contributed by atoms with van der Waals surface area (Å²) < 4.78 is 56.5. The predicted octanol–water partition coefficient (Wildman–Crippen LogP) is 4.15. The van der Waals surface area contributed by atoms with Crippen molar-refractivity contribution in [2.75, 3.05) is 6.61 Å². The number of halogens is 3. The van der Waals surface area contributed by atoms with E-state index in [9.17, 15) is 18.7 Å². The highest BCUT2D eigenvalue weighted by molar-refractivity contribution is 6.31. The van der Waals surface area contributed by atoms with Crippen molar-refractivity contribution in [3.63, 3.8) is 0 Å². The lowest BCUT2D eigenvalue weighted by atomic mass is 10.1. The minimum atomic E-state index is -2.88. The Morgan fingerprint density at radius 2 is 2.03 bits per heavy atom. The third-order valence-electron chi connectivity index (χ3n) is 5.65. The summed E-state index contributed by atoms with van der Waals surface area (Å²) in [5.41, 5.74) is -1.39. The maximum atomic E-state index is 14.3. The number of aliphatic hydroxyl groups is 1. The van der Waals surface area contributed by atoms with E-state index in [4.69, 9.17) is 23.8 Å². The van der Waals surface area contributed by atoms with Crippen LogP contribution in [0.5, 0.6) is 11.5 Å². The SMILES string of the molecule is [2H]C([2H])(Oc1cc2n(c(=O)c1Cl)-c1cc(-c3ccnc(C(C)(C)O)n3)ncc1OCCC2)c1ncc(F)cc1F. The fourth-order valence-corrected chi connectivity index (χ4v) is 4.00. The van der Waals surface area contributed by atoms with Crippen LogP contribution in [0.1, 0.15) is 40.2 Å². The number of hydrogen-bond acceptors (Lipinski definition) is 8. The fourth-order valence-electron chi connectivity index (χ4n) is 3.82. The number of rotatable bonds is 5. The Kier molecular flexibility index (Phi) is 6.14. The molecule has 0 aromatic carbocycles. The van der Waals surface area contributed by atoms with Crippen LogP contribution in [0.4, 0.5) is 8.78 Å². The molecule has 4 aromatic rings. The van der Waals surface area contributed by atoms with E-state index < -0.39 is 40.1 Å². The molecule has 0 fully saturated rings. The van der Waals surface area contributed by atoms with E-state index in [0.29, 0.717) is 60.2 Å². The molecule has 1 aliphatic rings. The number of pyridine rings is 3. The van der Waals surface area contributed by atoms with E-state index in [2.05, 4.69) is 19.9 Å². The number of ether oxygens (including phenoxy) is 2. The van der Waals surface area contributed by atoms with Gasteiger partial charge in [0.05, 0.1) is 38.8 Å². The van der Waals surface area contributed by atoms with Crippen molar-refractivity contribution in [2.24, 2.45) is 0 Å². The monoisotopic (exact) mass is 543 g/mol. The average molecular weight is 544 g/mol. The normalized spacial score (nSPS) is 14.3. The van der Waals surface area contributed by atoms with Gasteiger partial charge in [0.25, 0.3) is 5.56 Å². The molecule has 0 unspecified atom stereocenters. The molecule has 0 atom stereocenters. The summed E-state index contributed by atoms with van der Waals surface area (Å²) in [6, 6.07) is 5.04. The summed E-state index contributed by atoms with van der Waals surface area (Å²) in [6.07, 6.45) is 4.39. The van der Waals surface area contributed by atoms with Gasteiger partial charge in [0.15, 0.2) is 17.4 Å². The summed E-state index contributed by atoms with van der Waals surface area (Å²) in [4.78, 5) is 30.0. The fraction of sp³-hybridized carbons (Fsp3) is 0.269. The summed E-state index contributed by atoms with van der Waals surface area (Å²) in [6.45, 7) is 0.517. The molecule has 5 rings (SSSR count). The molecule has 4 aromatic heterocycles. The highest BCUT2D eigenvalue weighted by Crippen LogP contribution is 2.32. The first-order valence-corrected chi connectivity index (χ1v) is 11.9. The van der Waals surface area contributed by atoms with Crippen molar-refractivity contribution < 1.29 is 26.1 Å². The number of nitrogens with zero attached hydrogens (tertiary/aromatic N) is 5. The van der Waals surface area contributed by atoms with Crippen LogP contribution in [0.25, 0.3) is 17.1 Å². The van der Waals surface area contributed by atoms with Crippen molar-refractivity contribution >= 4 is 11.6 Å². The van der Waals surface area contributed by atoms with Crippen LogP contribution in [0.15, 0.2) is 47.7 Å². The van der Waals surface area contributed by atoms with Gasteiger partial charge in [-0.3, -0.25) is 19.3 Å². The summed E-state index contributed by atoms with van der Waals surface area (Å²) >= 11 is 6.37. The quantitative estimate of drug-likeness (QED) is 0.399. The van der Waals surface area contributed by atoms with E-state index >= 15 is 0 Å². The molecule has 5 heterocycles. The van der Waals surface area contributed by atoms with E-state index in [1.165, 1.54) is 23.0 Å². The minimum Gasteiger partial charge on any atom is -0.490 e. The van der Waals surface area contributed by atoms with Gasteiger partial charge in [-0.2, -0.15) is 0 Å². The van der Waals surface area contributed by atoms with Gasteiger partial charge < -0.3 is 14.6 Å². The first-order chi connectivity index (χ1) is 18.8. The topological polar surface area (TPSA) is 112 Å². The largest absolute Gasteiger partial charge is 0.490 e. The van der Waals surface area contributed by atoms with E-state index in [1.807, 2.05) is 0 Å². The number of hydrogen-bond donors (Lipinski definition) is 1. The Hall–Kier alpha value is -3.96. The van der Waals surface area contributed by atoms with Gasteiger partial charge in [0, 0.05) is 24.0 Å². The lowest BCUT2D eigenvalue weighted by molar-refractivity contribution is 0.0688. The highest BCUT2D eigenvalue weighted by Gasteiger charge is 2.24. The Morgan fingerprint density at radius 3 is 2.79 bits per heavy atom. The Labute approximate surface area is 223 Å². The van der Waals surface area contributed by atoms with Crippen molar-refractivity contribution in [2.45, 2.75) is 38.8 Å². The zero-order chi connectivity index (χ0) is 28.8. The number of fused-ring (bicyclic) bond motifs is 3. The maximum absolute atomic E-state index is 14.3. The van der Waals surface area contributed by atoms with Gasteiger partial charge in [0.2, 0.25) is 0 Å². The average Bonchev–Trinajstić information content (AvgIpc) is 2.87. The molecule has 196 valence electrons. The maximum Gasteiger partial charge on any atom is 0.278 e. The molecule has 0 saturated heterocycles. The molecule has 1 N–H and O–H groups in total. The second-order valence-corrected chi connectivity index (χ2v) is 9.33.